The molecule has 3 fully saturated rings. The Morgan fingerprint density at radius 1 is 1.00 bits per heavy atom. The molecule has 4 aliphatic heterocycles. The van der Waals surface area contributed by atoms with Gasteiger partial charge in [0.1, 0.15) is 17.8 Å². The van der Waals surface area contributed by atoms with Gasteiger partial charge in [0.05, 0.1) is 17.7 Å². The van der Waals surface area contributed by atoms with Crippen LogP contribution in [0.3, 0.4) is 0 Å². The van der Waals surface area contributed by atoms with Gasteiger partial charge in [0.15, 0.2) is 11.4 Å². The van der Waals surface area contributed by atoms with E-state index < -0.39 is 40.9 Å². The van der Waals surface area contributed by atoms with Crippen molar-refractivity contribution < 1.29 is 23.4 Å². The van der Waals surface area contributed by atoms with Gasteiger partial charge >= 0.3 is 0 Å². The van der Waals surface area contributed by atoms with Gasteiger partial charge in [-0.15, -0.1) is 0 Å². The number of nitrogens with zero attached hydrogens (tertiary/aromatic N) is 3. The first-order valence-electron chi connectivity index (χ1n) is 12.6. The Balaban J connectivity index is 1.51. The van der Waals surface area contributed by atoms with Gasteiger partial charge in [-0.05, 0) is 61.1 Å². The quantitative estimate of drug-likeness (QED) is 0.588. The molecule has 3 aromatic rings. The first kappa shape index (κ1) is 22.5. The van der Waals surface area contributed by atoms with Crippen molar-refractivity contribution in [2.75, 3.05) is 11.6 Å². The van der Waals surface area contributed by atoms with E-state index in [2.05, 4.69) is 0 Å². The van der Waals surface area contributed by atoms with Crippen molar-refractivity contribution in [1.82, 2.24) is 9.58 Å². The lowest BCUT2D eigenvalue weighted by molar-refractivity contribution is -0.0756. The van der Waals surface area contributed by atoms with Gasteiger partial charge in [0.25, 0.3) is 5.91 Å². The van der Waals surface area contributed by atoms with E-state index in [1.54, 1.807) is 29.2 Å². The van der Waals surface area contributed by atoms with Crippen LogP contribution < -0.4 is 10.4 Å². The van der Waals surface area contributed by atoms with E-state index >= 15 is 0 Å². The number of ether oxygens (including phenoxy) is 1. The Labute approximate surface area is 211 Å². The molecule has 5 heterocycles. The first-order chi connectivity index (χ1) is 17.9. The SMILES string of the molecule is O=C1c2c(O)c(=O)ccn2N(C(c2cccc(F)c2)c2cccc(F)c2)[C@@H]2[C@H]3C[C@@H]4CC[C@@]3(CCN12)O4. The summed E-state index contributed by atoms with van der Waals surface area (Å²) in [5.74, 6) is -2.03. The number of hydrogen-bond donors (Lipinski definition) is 1. The van der Waals surface area contributed by atoms with Crippen LogP contribution >= 0.6 is 0 Å². The van der Waals surface area contributed by atoms with Crippen LogP contribution in [0.15, 0.2) is 65.6 Å². The Hall–Kier alpha value is -3.72. The van der Waals surface area contributed by atoms with E-state index in [4.69, 9.17) is 4.74 Å². The molecule has 7 nitrogen and oxygen atoms in total. The van der Waals surface area contributed by atoms with Crippen LogP contribution in [-0.2, 0) is 4.74 Å². The maximum absolute atomic E-state index is 14.6. The predicted octanol–water partition coefficient (Wildman–Crippen LogP) is 3.68. The van der Waals surface area contributed by atoms with Crippen molar-refractivity contribution in [3.05, 3.63) is 99.5 Å². The van der Waals surface area contributed by atoms with Crippen LogP contribution in [0.2, 0.25) is 0 Å². The minimum absolute atomic E-state index is 0.0525. The zero-order chi connectivity index (χ0) is 25.5. The molecule has 2 bridgehead atoms. The van der Waals surface area contributed by atoms with E-state index in [1.165, 1.54) is 41.2 Å². The van der Waals surface area contributed by atoms with Crippen molar-refractivity contribution >= 4 is 5.91 Å². The summed E-state index contributed by atoms with van der Waals surface area (Å²) in [6.45, 7) is 0.380. The summed E-state index contributed by atoms with van der Waals surface area (Å²) < 4.78 is 37.1. The molecule has 3 saturated heterocycles. The van der Waals surface area contributed by atoms with Gasteiger partial charge in [-0.1, -0.05) is 24.3 Å². The monoisotopic (exact) mass is 505 g/mol. The van der Waals surface area contributed by atoms with Gasteiger partial charge in [0.2, 0.25) is 5.43 Å². The normalized spacial score (nSPS) is 27.9. The van der Waals surface area contributed by atoms with E-state index in [0.29, 0.717) is 24.1 Å². The van der Waals surface area contributed by atoms with Crippen LogP contribution in [0.25, 0.3) is 0 Å². The average molecular weight is 506 g/mol. The van der Waals surface area contributed by atoms with Gasteiger partial charge in [-0.25, -0.2) is 8.78 Å². The predicted molar refractivity (Wildman–Crippen MR) is 130 cm³/mol. The number of carbonyl (C=O) groups excluding carboxylic acids is 1. The summed E-state index contributed by atoms with van der Waals surface area (Å²) in [4.78, 5) is 27.9. The van der Waals surface area contributed by atoms with Crippen LogP contribution in [0.4, 0.5) is 8.78 Å². The number of fused-ring (bicyclic) bond motifs is 4. The fourth-order valence-electron chi connectivity index (χ4n) is 7.06. The fourth-order valence-corrected chi connectivity index (χ4v) is 7.06. The Morgan fingerprint density at radius 3 is 2.35 bits per heavy atom. The highest BCUT2D eigenvalue weighted by atomic mass is 19.1. The van der Waals surface area contributed by atoms with Crippen molar-refractivity contribution in [2.45, 2.75) is 49.6 Å². The minimum Gasteiger partial charge on any atom is -0.502 e. The van der Waals surface area contributed by atoms with Crippen molar-refractivity contribution in [1.29, 1.82) is 0 Å². The van der Waals surface area contributed by atoms with Crippen LogP contribution in [0.1, 0.15) is 53.3 Å². The van der Waals surface area contributed by atoms with E-state index in [-0.39, 0.29) is 23.3 Å². The maximum Gasteiger partial charge on any atom is 0.278 e. The molecule has 7 rings (SSSR count). The average Bonchev–Trinajstić information content (AvgIpc) is 3.46. The second-order valence-electron chi connectivity index (χ2n) is 10.5. The molecular formula is C28H25F2N3O4. The summed E-state index contributed by atoms with van der Waals surface area (Å²) in [5.41, 5.74) is -0.0953. The molecule has 9 heteroatoms. The van der Waals surface area contributed by atoms with Gasteiger partial charge < -0.3 is 14.7 Å². The molecule has 0 aliphatic carbocycles. The molecule has 2 aromatic carbocycles. The molecule has 37 heavy (non-hydrogen) atoms. The molecule has 1 aromatic heterocycles. The number of carbonyl (C=O) groups is 1. The topological polar surface area (TPSA) is 75.0 Å². The maximum atomic E-state index is 14.6. The lowest BCUT2D eigenvalue weighted by atomic mass is 9.71. The molecule has 1 amide bonds. The van der Waals surface area contributed by atoms with Crippen LogP contribution in [0, 0.1) is 17.6 Å². The lowest BCUT2D eigenvalue weighted by Gasteiger charge is -2.57. The van der Waals surface area contributed by atoms with E-state index in [9.17, 15) is 23.5 Å². The highest BCUT2D eigenvalue weighted by molar-refractivity contribution is 5.96. The molecule has 1 N–H and O–H groups in total. The largest absolute Gasteiger partial charge is 0.502 e. The number of halogens is 2. The number of pyridine rings is 1. The lowest BCUT2D eigenvalue weighted by Crippen LogP contribution is -2.70. The third-order valence-electron chi connectivity index (χ3n) is 8.57. The smallest absolute Gasteiger partial charge is 0.278 e. The number of aromatic nitrogens is 1. The zero-order valence-electron chi connectivity index (χ0n) is 19.9. The van der Waals surface area contributed by atoms with Crippen molar-refractivity contribution in [2.24, 2.45) is 5.92 Å². The molecule has 0 unspecified atom stereocenters. The summed E-state index contributed by atoms with van der Waals surface area (Å²) in [6.07, 6.45) is 4.33. The van der Waals surface area contributed by atoms with E-state index in [0.717, 1.165) is 19.3 Å². The zero-order valence-corrected chi connectivity index (χ0v) is 19.9. The van der Waals surface area contributed by atoms with Crippen molar-refractivity contribution in [3.8, 4) is 5.75 Å². The third-order valence-corrected chi connectivity index (χ3v) is 8.57. The summed E-state index contributed by atoms with van der Waals surface area (Å²) in [5, 5.41) is 12.7. The van der Waals surface area contributed by atoms with Gasteiger partial charge in [-0.3, -0.25) is 19.3 Å². The number of rotatable bonds is 3. The third kappa shape index (κ3) is 3.19. The van der Waals surface area contributed by atoms with Crippen molar-refractivity contribution in [3.63, 3.8) is 0 Å². The second-order valence-corrected chi connectivity index (χ2v) is 10.5. The molecule has 1 spiro atoms. The number of benzene rings is 2. The molecule has 0 saturated carbocycles. The summed E-state index contributed by atoms with van der Waals surface area (Å²) in [6, 6.07) is 12.7. The molecule has 0 radical (unpaired) electrons. The number of hydrogen-bond acceptors (Lipinski definition) is 5. The highest BCUT2D eigenvalue weighted by Gasteiger charge is 2.63. The molecule has 4 atom stereocenters. The minimum atomic E-state index is -0.734. The number of aromatic hydroxyl groups is 1. The Bertz CT molecular complexity index is 1450. The molecule has 4 aliphatic rings. The summed E-state index contributed by atoms with van der Waals surface area (Å²) >= 11 is 0. The standard InChI is InChI=1S/C28H25F2N3O4/c29-18-5-1-3-16(13-18)23(17-4-2-6-19(30)14-17)33-26-21-15-20-7-9-28(21,37-20)10-12-31(26)27(36)24-25(35)22(34)8-11-32(24)33/h1-6,8,11,13-14,20-21,23,26,35H,7,9-10,12,15H2/t20-,21+,26+,28-/m0/s1. The molecular weight excluding hydrogens is 480 g/mol. The van der Waals surface area contributed by atoms with Crippen LogP contribution in [0.5, 0.6) is 5.75 Å². The summed E-state index contributed by atoms with van der Waals surface area (Å²) in [7, 11) is 0. The van der Waals surface area contributed by atoms with Gasteiger partial charge in [0, 0.05) is 24.7 Å². The Morgan fingerprint density at radius 2 is 1.70 bits per heavy atom. The first-order valence-corrected chi connectivity index (χ1v) is 12.6. The van der Waals surface area contributed by atoms with Gasteiger partial charge in [-0.2, -0.15) is 0 Å². The fraction of sp³-hybridized carbons (Fsp3) is 0.357. The Kier molecular flexibility index (Phi) is 4.79. The van der Waals surface area contributed by atoms with Crippen LogP contribution in [-0.4, -0.2) is 45.0 Å². The highest BCUT2D eigenvalue weighted by Crippen LogP contribution is 2.56. The number of piperidine rings is 1. The molecule has 190 valence electrons. The second kappa shape index (κ2) is 7.89. The number of amides is 1. The van der Waals surface area contributed by atoms with E-state index in [1.807, 2.05) is 5.01 Å².